The summed E-state index contributed by atoms with van der Waals surface area (Å²) in [7, 11) is 0. The maximum Gasteiger partial charge on any atom is 0.307 e. The van der Waals surface area contributed by atoms with Gasteiger partial charge in [-0.2, -0.15) is 0 Å². The van der Waals surface area contributed by atoms with Crippen molar-refractivity contribution >= 4 is 11.5 Å². The van der Waals surface area contributed by atoms with Gasteiger partial charge in [-0.05, 0) is 45.9 Å². The highest BCUT2D eigenvalue weighted by Crippen LogP contribution is 2.36. The van der Waals surface area contributed by atoms with Gasteiger partial charge >= 0.3 is 5.97 Å². The maximum absolute atomic E-state index is 12.1. The molecule has 1 aromatic carbocycles. The van der Waals surface area contributed by atoms with Crippen LogP contribution in [0.4, 0.5) is 0 Å². The molecule has 0 bridgehead atoms. The highest BCUT2D eigenvalue weighted by atomic mass is 16.5. The van der Waals surface area contributed by atoms with Gasteiger partial charge in [0.2, 0.25) is 0 Å². The molecule has 2 aromatic rings. The van der Waals surface area contributed by atoms with E-state index >= 15 is 0 Å². The van der Waals surface area contributed by atoms with Gasteiger partial charge in [0.15, 0.2) is 5.82 Å². The molecule has 1 unspecified atom stereocenters. The van der Waals surface area contributed by atoms with E-state index in [4.69, 9.17) is 4.74 Å². The Bertz CT molecular complexity index is 797. The number of carbonyl (C=O) groups is 1. The van der Waals surface area contributed by atoms with Crippen molar-refractivity contribution < 1.29 is 14.6 Å². The van der Waals surface area contributed by atoms with Crippen LogP contribution in [0.3, 0.4) is 0 Å². The van der Waals surface area contributed by atoms with Crippen LogP contribution >= 0.6 is 0 Å². The van der Waals surface area contributed by atoms with E-state index in [1.54, 1.807) is 0 Å². The molecule has 4 rings (SSSR count). The fourth-order valence-corrected chi connectivity index (χ4v) is 4.06. The predicted molar refractivity (Wildman–Crippen MR) is 98.0 cm³/mol. The quantitative estimate of drug-likeness (QED) is 0.673. The molecule has 3 heterocycles. The molecule has 0 spiro atoms. The number of benzene rings is 1. The summed E-state index contributed by atoms with van der Waals surface area (Å²) in [6.07, 6.45) is 3.50. The molecule has 0 amide bonds. The Balaban J connectivity index is 1.58. The number of nitrogens with zero attached hydrogens (tertiary/aromatic N) is 3. The Kier molecular flexibility index (Phi) is 5.26. The van der Waals surface area contributed by atoms with Crippen molar-refractivity contribution in [3.8, 4) is 0 Å². The SMILES string of the molecule is O=C(O)[C@@H](C1CCOC1)[C@H](Cc1ccc(C2=CCNC2)cc1)c1nnn[nH]1. The number of ether oxygens (including phenoxy) is 1. The number of H-pyrrole nitrogens is 1. The summed E-state index contributed by atoms with van der Waals surface area (Å²) < 4.78 is 5.44. The van der Waals surface area contributed by atoms with E-state index in [1.807, 2.05) is 0 Å². The first-order valence-corrected chi connectivity index (χ1v) is 9.25. The second kappa shape index (κ2) is 7.98. The molecule has 1 aromatic heterocycles. The molecule has 142 valence electrons. The van der Waals surface area contributed by atoms with Crippen molar-refractivity contribution in [2.45, 2.75) is 18.8 Å². The molecule has 8 heteroatoms. The maximum atomic E-state index is 12.1. The number of carboxylic acids is 1. The normalized spacial score (nSPS) is 21.8. The first-order chi connectivity index (χ1) is 13.2. The number of hydrogen-bond donors (Lipinski definition) is 3. The number of aromatic nitrogens is 4. The van der Waals surface area contributed by atoms with Gasteiger partial charge in [-0.15, -0.1) is 5.10 Å². The molecule has 1 saturated heterocycles. The molecule has 1 fully saturated rings. The van der Waals surface area contributed by atoms with E-state index in [0.717, 1.165) is 25.1 Å². The Morgan fingerprint density at radius 3 is 2.78 bits per heavy atom. The van der Waals surface area contributed by atoms with Crippen molar-refractivity contribution in [3.63, 3.8) is 0 Å². The molecule has 0 saturated carbocycles. The van der Waals surface area contributed by atoms with Crippen LogP contribution in [0, 0.1) is 11.8 Å². The first-order valence-electron chi connectivity index (χ1n) is 9.25. The van der Waals surface area contributed by atoms with Crippen molar-refractivity contribution in [1.82, 2.24) is 25.9 Å². The van der Waals surface area contributed by atoms with Crippen molar-refractivity contribution in [2.75, 3.05) is 26.3 Å². The molecule has 27 heavy (non-hydrogen) atoms. The molecule has 0 aliphatic carbocycles. The minimum Gasteiger partial charge on any atom is -0.481 e. The van der Waals surface area contributed by atoms with Crippen LogP contribution in [0.1, 0.15) is 29.3 Å². The van der Waals surface area contributed by atoms with Crippen LogP contribution in [0.25, 0.3) is 5.57 Å². The smallest absolute Gasteiger partial charge is 0.307 e. The number of nitrogens with one attached hydrogen (secondary N) is 2. The molecule has 2 aliphatic rings. The van der Waals surface area contributed by atoms with E-state index in [-0.39, 0.29) is 11.8 Å². The van der Waals surface area contributed by atoms with Gasteiger partial charge < -0.3 is 15.2 Å². The fourth-order valence-electron chi connectivity index (χ4n) is 4.06. The average molecular weight is 369 g/mol. The third-order valence-corrected chi connectivity index (χ3v) is 5.49. The highest BCUT2D eigenvalue weighted by molar-refractivity contribution is 5.72. The van der Waals surface area contributed by atoms with Gasteiger partial charge in [0.25, 0.3) is 0 Å². The number of aliphatic carboxylic acids is 1. The zero-order valence-corrected chi connectivity index (χ0v) is 15.0. The van der Waals surface area contributed by atoms with Gasteiger partial charge in [0, 0.05) is 25.6 Å². The number of carboxylic acid groups (broad SMARTS) is 1. The molecule has 2 aliphatic heterocycles. The van der Waals surface area contributed by atoms with Crippen LogP contribution in [0.2, 0.25) is 0 Å². The van der Waals surface area contributed by atoms with Crippen molar-refractivity contribution in [2.24, 2.45) is 11.8 Å². The summed E-state index contributed by atoms with van der Waals surface area (Å²) in [6.45, 7) is 2.86. The predicted octanol–water partition coefficient (Wildman–Crippen LogP) is 1.25. The minimum absolute atomic E-state index is 0.0356. The van der Waals surface area contributed by atoms with Crippen LogP contribution in [-0.4, -0.2) is 58.0 Å². The number of rotatable bonds is 7. The van der Waals surface area contributed by atoms with Gasteiger partial charge in [-0.1, -0.05) is 30.3 Å². The lowest BCUT2D eigenvalue weighted by atomic mass is 9.77. The van der Waals surface area contributed by atoms with Gasteiger partial charge in [-0.3, -0.25) is 4.79 Å². The number of hydrogen-bond acceptors (Lipinski definition) is 6. The molecule has 0 radical (unpaired) electrons. The number of tetrazole rings is 1. The lowest BCUT2D eigenvalue weighted by Crippen LogP contribution is -2.32. The molecule has 3 atom stereocenters. The van der Waals surface area contributed by atoms with Gasteiger partial charge in [-0.25, -0.2) is 5.10 Å². The summed E-state index contributed by atoms with van der Waals surface area (Å²) in [6, 6.07) is 8.32. The standard InChI is InChI=1S/C19H23N5O3/c25-19(26)17(15-6-8-27-11-15)16(18-21-23-24-22-18)9-12-1-3-13(4-2-12)14-5-7-20-10-14/h1-5,15-17,20H,6-11H2,(H,25,26)(H,21,22,23,24)/t15?,16-,17-/m0/s1. The summed E-state index contributed by atoms with van der Waals surface area (Å²) in [5.41, 5.74) is 3.56. The van der Waals surface area contributed by atoms with E-state index in [1.165, 1.54) is 11.1 Å². The summed E-state index contributed by atoms with van der Waals surface area (Å²) in [5.74, 6) is -1.27. The molecule has 8 nitrogen and oxygen atoms in total. The van der Waals surface area contributed by atoms with E-state index in [0.29, 0.717) is 25.5 Å². The van der Waals surface area contributed by atoms with E-state index in [2.05, 4.69) is 56.3 Å². The van der Waals surface area contributed by atoms with Crippen molar-refractivity contribution in [1.29, 1.82) is 0 Å². The van der Waals surface area contributed by atoms with E-state index < -0.39 is 11.9 Å². The minimum atomic E-state index is -0.828. The zero-order chi connectivity index (χ0) is 18.6. The van der Waals surface area contributed by atoms with E-state index in [9.17, 15) is 9.90 Å². The third kappa shape index (κ3) is 3.91. The monoisotopic (exact) mass is 369 g/mol. The van der Waals surface area contributed by atoms with Crippen LogP contribution < -0.4 is 5.32 Å². The van der Waals surface area contributed by atoms with Crippen LogP contribution in [0.5, 0.6) is 0 Å². The van der Waals surface area contributed by atoms with Gasteiger partial charge in [0.1, 0.15) is 0 Å². The second-order valence-electron chi connectivity index (χ2n) is 7.14. The van der Waals surface area contributed by atoms with Crippen LogP contribution in [0.15, 0.2) is 30.3 Å². The van der Waals surface area contributed by atoms with Crippen molar-refractivity contribution in [3.05, 3.63) is 47.3 Å². The zero-order valence-electron chi connectivity index (χ0n) is 15.0. The Morgan fingerprint density at radius 2 is 2.19 bits per heavy atom. The Morgan fingerprint density at radius 1 is 1.33 bits per heavy atom. The highest BCUT2D eigenvalue weighted by Gasteiger charge is 2.40. The fraction of sp³-hybridized carbons (Fsp3) is 0.474. The topological polar surface area (TPSA) is 113 Å². The Labute approximate surface area is 157 Å². The first kappa shape index (κ1) is 17.8. The summed E-state index contributed by atoms with van der Waals surface area (Å²) >= 11 is 0. The lowest BCUT2D eigenvalue weighted by Gasteiger charge is -2.26. The second-order valence-corrected chi connectivity index (χ2v) is 7.14. The molecular weight excluding hydrogens is 346 g/mol. The largest absolute Gasteiger partial charge is 0.481 e. The third-order valence-electron chi connectivity index (χ3n) is 5.49. The molecular formula is C19H23N5O3. The lowest BCUT2D eigenvalue weighted by molar-refractivity contribution is -0.144. The Hall–Kier alpha value is -2.58. The summed E-state index contributed by atoms with van der Waals surface area (Å²) in [5, 5.41) is 27.3. The average Bonchev–Trinajstić information content (AvgIpc) is 3.43. The summed E-state index contributed by atoms with van der Waals surface area (Å²) in [4.78, 5) is 12.1. The van der Waals surface area contributed by atoms with Gasteiger partial charge in [0.05, 0.1) is 12.5 Å². The molecule has 3 N–H and O–H groups in total. The number of aromatic amines is 1. The van der Waals surface area contributed by atoms with Crippen LogP contribution in [-0.2, 0) is 16.0 Å².